The highest BCUT2D eigenvalue weighted by molar-refractivity contribution is 9.10. The molecule has 3 rings (SSSR count). The molecule has 0 saturated carbocycles. The first-order valence-electron chi connectivity index (χ1n) is 5.02. The zero-order chi connectivity index (χ0) is 12.7. The summed E-state index contributed by atoms with van der Waals surface area (Å²) >= 11 is 3.34. The largest absolute Gasteiger partial charge is 0.354 e. The lowest BCUT2D eigenvalue weighted by molar-refractivity contribution is 0.451. The Morgan fingerprint density at radius 2 is 2.11 bits per heavy atom. The molecule has 0 aliphatic carbocycles. The molecule has 0 spiro atoms. The molecule has 1 N–H and O–H groups in total. The number of hydrogen-bond donors (Lipinski definition) is 1. The van der Waals surface area contributed by atoms with Gasteiger partial charge in [-0.15, -0.1) is 0 Å². The van der Waals surface area contributed by atoms with Crippen LogP contribution in [0.25, 0.3) is 16.8 Å². The number of hydrogen-bond acceptors (Lipinski definition) is 4. The Hall–Kier alpha value is -2.15. The Balaban J connectivity index is 2.35. The average molecular weight is 308 g/mol. The summed E-state index contributed by atoms with van der Waals surface area (Å²) in [6.07, 6.45) is 1.36. The molecule has 2 heterocycles. The van der Waals surface area contributed by atoms with Gasteiger partial charge in [0.05, 0.1) is 5.39 Å². The Morgan fingerprint density at radius 1 is 1.28 bits per heavy atom. The first kappa shape index (κ1) is 11.0. The zero-order valence-electron chi connectivity index (χ0n) is 8.88. The molecule has 18 heavy (non-hydrogen) atoms. The Bertz CT molecular complexity index is 846. The van der Waals surface area contributed by atoms with Gasteiger partial charge in [0.15, 0.2) is 11.4 Å². The summed E-state index contributed by atoms with van der Waals surface area (Å²) < 4.78 is 7.19. The van der Waals surface area contributed by atoms with Crippen LogP contribution in [0.3, 0.4) is 0 Å². The van der Waals surface area contributed by atoms with Gasteiger partial charge in [0.2, 0.25) is 0 Å². The SMILES string of the molecule is O=c1ccn(-c2noc3ccc(Br)cc23)c(=O)[nH]1. The maximum absolute atomic E-state index is 11.7. The first-order chi connectivity index (χ1) is 8.65. The van der Waals surface area contributed by atoms with Crippen molar-refractivity contribution in [1.82, 2.24) is 14.7 Å². The van der Waals surface area contributed by atoms with E-state index in [0.29, 0.717) is 16.8 Å². The van der Waals surface area contributed by atoms with E-state index in [4.69, 9.17) is 4.52 Å². The lowest BCUT2D eigenvalue weighted by atomic mass is 10.2. The Labute approximate surface area is 108 Å². The van der Waals surface area contributed by atoms with Crippen LogP contribution in [0.5, 0.6) is 0 Å². The molecule has 0 amide bonds. The highest BCUT2D eigenvalue weighted by Crippen LogP contribution is 2.24. The van der Waals surface area contributed by atoms with Crippen LogP contribution in [0, 0.1) is 0 Å². The van der Waals surface area contributed by atoms with Gasteiger partial charge in [-0.05, 0) is 18.2 Å². The highest BCUT2D eigenvalue weighted by Gasteiger charge is 2.11. The van der Waals surface area contributed by atoms with E-state index >= 15 is 0 Å². The van der Waals surface area contributed by atoms with E-state index < -0.39 is 11.2 Å². The van der Waals surface area contributed by atoms with Crippen molar-refractivity contribution in [2.75, 3.05) is 0 Å². The fourth-order valence-electron chi connectivity index (χ4n) is 1.66. The number of rotatable bonds is 1. The van der Waals surface area contributed by atoms with Gasteiger partial charge in [-0.3, -0.25) is 9.78 Å². The average Bonchev–Trinajstić information content (AvgIpc) is 2.72. The van der Waals surface area contributed by atoms with E-state index in [1.807, 2.05) is 6.07 Å². The number of aromatic amines is 1. The number of halogens is 1. The van der Waals surface area contributed by atoms with Crippen LogP contribution in [0.4, 0.5) is 0 Å². The second-order valence-electron chi connectivity index (χ2n) is 3.63. The molecule has 0 radical (unpaired) electrons. The summed E-state index contributed by atoms with van der Waals surface area (Å²) in [4.78, 5) is 24.9. The van der Waals surface area contributed by atoms with E-state index in [2.05, 4.69) is 26.1 Å². The van der Waals surface area contributed by atoms with E-state index in [0.717, 1.165) is 4.47 Å². The molecule has 0 saturated heterocycles. The van der Waals surface area contributed by atoms with Gasteiger partial charge < -0.3 is 4.52 Å². The lowest BCUT2D eigenvalue weighted by Crippen LogP contribution is -2.27. The molecule has 90 valence electrons. The van der Waals surface area contributed by atoms with Crippen LogP contribution in [0.15, 0.2) is 49.0 Å². The minimum absolute atomic E-state index is 0.340. The van der Waals surface area contributed by atoms with E-state index in [9.17, 15) is 9.59 Å². The molecular weight excluding hydrogens is 302 g/mol. The lowest BCUT2D eigenvalue weighted by Gasteiger charge is -1.99. The van der Waals surface area contributed by atoms with Gasteiger partial charge in [0.1, 0.15) is 0 Å². The number of fused-ring (bicyclic) bond motifs is 1. The molecule has 0 aliphatic heterocycles. The molecule has 3 aromatic rings. The third-order valence-electron chi connectivity index (χ3n) is 2.47. The summed E-state index contributed by atoms with van der Waals surface area (Å²) in [5.41, 5.74) is -0.450. The van der Waals surface area contributed by atoms with E-state index in [-0.39, 0.29) is 0 Å². The molecular formula is C11H6BrN3O3. The Kier molecular flexibility index (Phi) is 2.41. The van der Waals surface area contributed by atoms with Crippen molar-refractivity contribution in [3.63, 3.8) is 0 Å². The number of nitrogens with zero attached hydrogens (tertiary/aromatic N) is 2. The maximum atomic E-state index is 11.7. The minimum Gasteiger partial charge on any atom is -0.354 e. The van der Waals surface area contributed by atoms with Gasteiger partial charge in [-0.1, -0.05) is 21.1 Å². The Morgan fingerprint density at radius 3 is 2.89 bits per heavy atom. The van der Waals surface area contributed by atoms with E-state index in [1.54, 1.807) is 12.1 Å². The fourth-order valence-corrected chi connectivity index (χ4v) is 2.02. The number of benzene rings is 1. The van der Waals surface area contributed by atoms with Crippen molar-refractivity contribution < 1.29 is 4.52 Å². The fraction of sp³-hybridized carbons (Fsp3) is 0. The van der Waals surface area contributed by atoms with Crippen molar-refractivity contribution >= 4 is 26.9 Å². The summed E-state index contributed by atoms with van der Waals surface area (Å²) in [5, 5.41) is 4.52. The van der Waals surface area contributed by atoms with Crippen molar-refractivity contribution in [3.8, 4) is 5.82 Å². The molecule has 0 unspecified atom stereocenters. The van der Waals surface area contributed by atoms with Crippen LogP contribution < -0.4 is 11.2 Å². The molecule has 0 atom stereocenters. The number of nitrogens with one attached hydrogen (secondary N) is 1. The highest BCUT2D eigenvalue weighted by atomic mass is 79.9. The molecule has 1 aromatic carbocycles. The van der Waals surface area contributed by atoms with Crippen molar-refractivity contribution in [3.05, 3.63) is 55.8 Å². The normalized spacial score (nSPS) is 10.9. The van der Waals surface area contributed by atoms with Crippen molar-refractivity contribution in [2.45, 2.75) is 0 Å². The minimum atomic E-state index is -0.558. The first-order valence-corrected chi connectivity index (χ1v) is 5.82. The van der Waals surface area contributed by atoms with Crippen molar-refractivity contribution in [1.29, 1.82) is 0 Å². The number of H-pyrrole nitrogens is 1. The van der Waals surface area contributed by atoms with Crippen LogP contribution >= 0.6 is 15.9 Å². The standard InChI is InChI=1S/C11H6BrN3O3/c12-6-1-2-8-7(5-6)10(14-18-8)15-4-3-9(16)13-11(15)17/h1-5H,(H,13,16,17). The molecule has 0 bridgehead atoms. The molecule has 0 aliphatic rings. The predicted octanol–water partition coefficient (Wildman–Crippen LogP) is 1.43. The smallest absolute Gasteiger partial charge is 0.334 e. The van der Waals surface area contributed by atoms with Gasteiger partial charge in [0, 0.05) is 16.7 Å². The van der Waals surface area contributed by atoms with Crippen LogP contribution in [0.2, 0.25) is 0 Å². The summed E-state index contributed by atoms with van der Waals surface area (Å²) in [6, 6.07) is 6.60. The summed E-state index contributed by atoms with van der Waals surface area (Å²) in [7, 11) is 0. The molecule has 6 nitrogen and oxygen atoms in total. The second-order valence-corrected chi connectivity index (χ2v) is 4.54. The van der Waals surface area contributed by atoms with Gasteiger partial charge in [-0.2, -0.15) is 0 Å². The quantitative estimate of drug-likeness (QED) is 0.737. The van der Waals surface area contributed by atoms with E-state index in [1.165, 1.54) is 16.8 Å². The predicted molar refractivity (Wildman–Crippen MR) is 67.9 cm³/mol. The monoisotopic (exact) mass is 307 g/mol. The third kappa shape index (κ3) is 1.68. The van der Waals surface area contributed by atoms with Gasteiger partial charge >= 0.3 is 5.69 Å². The van der Waals surface area contributed by atoms with Crippen molar-refractivity contribution in [2.24, 2.45) is 0 Å². The van der Waals surface area contributed by atoms with Crippen LogP contribution in [-0.4, -0.2) is 14.7 Å². The van der Waals surface area contributed by atoms with Gasteiger partial charge in [-0.25, -0.2) is 9.36 Å². The summed E-state index contributed by atoms with van der Waals surface area (Å²) in [6.45, 7) is 0. The molecule has 2 aromatic heterocycles. The van der Waals surface area contributed by atoms with Gasteiger partial charge in [0.25, 0.3) is 5.56 Å². The molecule has 0 fully saturated rings. The third-order valence-corrected chi connectivity index (χ3v) is 2.96. The van der Waals surface area contributed by atoms with Crippen LogP contribution in [-0.2, 0) is 0 Å². The number of aromatic nitrogens is 3. The maximum Gasteiger partial charge on any atom is 0.334 e. The van der Waals surface area contributed by atoms with Crippen LogP contribution in [0.1, 0.15) is 0 Å². The summed E-state index contributed by atoms with van der Waals surface area (Å²) in [5.74, 6) is 0.340. The topological polar surface area (TPSA) is 80.9 Å². The molecule has 7 heteroatoms. The second kappa shape index (κ2) is 3.95. The zero-order valence-corrected chi connectivity index (χ0v) is 10.5.